The van der Waals surface area contributed by atoms with Crippen LogP contribution >= 0.6 is 11.6 Å². The first-order valence-corrected chi connectivity index (χ1v) is 6.68. The molecular weight excluding hydrogens is 262 g/mol. The lowest BCUT2D eigenvalue weighted by Crippen LogP contribution is -2.18. The lowest BCUT2D eigenvalue weighted by molar-refractivity contribution is 0.766. The highest BCUT2D eigenvalue weighted by Gasteiger charge is 2.08. The van der Waals surface area contributed by atoms with Gasteiger partial charge in [0.05, 0.1) is 6.20 Å². The molecule has 0 saturated heterocycles. The maximum absolute atomic E-state index is 6.04. The van der Waals surface area contributed by atoms with Crippen LogP contribution in [-0.4, -0.2) is 26.8 Å². The Bertz CT molecular complexity index is 552. The number of halogens is 1. The van der Waals surface area contributed by atoms with Crippen molar-refractivity contribution in [3.63, 3.8) is 0 Å². The molecule has 2 heterocycles. The Morgan fingerprint density at radius 2 is 2.16 bits per heavy atom. The van der Waals surface area contributed by atoms with Gasteiger partial charge in [-0.25, -0.2) is 9.97 Å². The van der Waals surface area contributed by atoms with E-state index in [2.05, 4.69) is 22.0 Å². The van der Waals surface area contributed by atoms with Gasteiger partial charge in [0.15, 0.2) is 0 Å². The van der Waals surface area contributed by atoms with Gasteiger partial charge in [-0.05, 0) is 6.42 Å². The molecule has 0 aromatic carbocycles. The van der Waals surface area contributed by atoms with Gasteiger partial charge in [-0.15, -0.1) is 0 Å². The third kappa shape index (κ3) is 3.67. The first-order valence-electron chi connectivity index (χ1n) is 6.30. The van der Waals surface area contributed by atoms with E-state index in [0.717, 1.165) is 36.6 Å². The van der Waals surface area contributed by atoms with Gasteiger partial charge in [0.1, 0.15) is 16.8 Å². The fraction of sp³-hybridized carbons (Fsp3) is 0.462. The standard InChI is InChI=1S/C13H18ClN5/c1-4-5-12-16-11(14)6-13(17-12)18(2)8-10-7-15-19(3)9-10/h6-7,9H,4-5,8H2,1-3H3. The predicted octanol–water partition coefficient (Wildman–Crippen LogP) is 2.45. The van der Waals surface area contributed by atoms with Gasteiger partial charge in [-0.1, -0.05) is 18.5 Å². The van der Waals surface area contributed by atoms with Crippen molar-refractivity contribution in [2.24, 2.45) is 7.05 Å². The molecule has 0 atom stereocenters. The van der Waals surface area contributed by atoms with E-state index in [1.807, 2.05) is 31.4 Å². The van der Waals surface area contributed by atoms with E-state index in [4.69, 9.17) is 11.6 Å². The molecule has 0 aliphatic heterocycles. The number of aryl methyl sites for hydroxylation is 2. The van der Waals surface area contributed by atoms with Gasteiger partial charge in [0.2, 0.25) is 0 Å². The van der Waals surface area contributed by atoms with E-state index in [9.17, 15) is 0 Å². The summed E-state index contributed by atoms with van der Waals surface area (Å²) in [6, 6.07) is 1.79. The summed E-state index contributed by atoms with van der Waals surface area (Å²) >= 11 is 6.04. The number of rotatable bonds is 5. The second kappa shape index (κ2) is 6.02. The third-order valence-electron chi connectivity index (χ3n) is 2.77. The van der Waals surface area contributed by atoms with E-state index in [1.54, 1.807) is 10.7 Å². The Labute approximate surface area is 118 Å². The molecule has 2 aromatic rings. The highest BCUT2D eigenvalue weighted by molar-refractivity contribution is 6.29. The average Bonchev–Trinajstić information content (AvgIpc) is 2.74. The molecule has 0 fully saturated rings. The van der Waals surface area contributed by atoms with Crippen LogP contribution in [0.3, 0.4) is 0 Å². The smallest absolute Gasteiger partial charge is 0.134 e. The summed E-state index contributed by atoms with van der Waals surface area (Å²) in [6.45, 7) is 2.84. The van der Waals surface area contributed by atoms with Crippen LogP contribution < -0.4 is 4.90 Å². The molecule has 6 heteroatoms. The molecule has 0 spiro atoms. The monoisotopic (exact) mass is 279 g/mol. The molecule has 0 aliphatic rings. The number of anilines is 1. The van der Waals surface area contributed by atoms with Crippen LogP contribution in [0, 0.1) is 0 Å². The third-order valence-corrected chi connectivity index (χ3v) is 2.96. The van der Waals surface area contributed by atoms with Crippen LogP contribution in [-0.2, 0) is 20.0 Å². The highest BCUT2D eigenvalue weighted by atomic mass is 35.5. The van der Waals surface area contributed by atoms with Crippen molar-refractivity contribution in [2.75, 3.05) is 11.9 Å². The van der Waals surface area contributed by atoms with Gasteiger partial charge in [0, 0.05) is 44.9 Å². The van der Waals surface area contributed by atoms with E-state index < -0.39 is 0 Å². The minimum atomic E-state index is 0.492. The Hall–Kier alpha value is -1.62. The van der Waals surface area contributed by atoms with Crippen LogP contribution in [0.4, 0.5) is 5.82 Å². The van der Waals surface area contributed by atoms with Crippen LogP contribution in [0.2, 0.25) is 5.15 Å². The summed E-state index contributed by atoms with van der Waals surface area (Å²) in [7, 11) is 3.89. The molecule has 0 radical (unpaired) electrons. The van der Waals surface area contributed by atoms with Crippen molar-refractivity contribution in [1.82, 2.24) is 19.7 Å². The summed E-state index contributed by atoms with van der Waals surface area (Å²) < 4.78 is 1.79. The van der Waals surface area contributed by atoms with E-state index in [-0.39, 0.29) is 0 Å². The molecule has 2 rings (SSSR count). The fourth-order valence-electron chi connectivity index (χ4n) is 1.89. The van der Waals surface area contributed by atoms with Crippen LogP contribution in [0.1, 0.15) is 24.7 Å². The Morgan fingerprint density at radius 3 is 2.79 bits per heavy atom. The van der Waals surface area contributed by atoms with Crippen molar-refractivity contribution in [3.05, 3.63) is 35.0 Å². The lowest BCUT2D eigenvalue weighted by Gasteiger charge is -2.18. The summed E-state index contributed by atoms with van der Waals surface area (Å²) in [6.07, 6.45) is 5.69. The van der Waals surface area contributed by atoms with Gasteiger partial charge in [-0.3, -0.25) is 4.68 Å². The zero-order valence-electron chi connectivity index (χ0n) is 11.5. The van der Waals surface area contributed by atoms with Crippen molar-refractivity contribution in [3.8, 4) is 0 Å². The number of aromatic nitrogens is 4. The van der Waals surface area contributed by atoms with Gasteiger partial charge in [0.25, 0.3) is 0 Å². The molecule has 0 aliphatic carbocycles. The Kier molecular flexibility index (Phi) is 4.37. The zero-order chi connectivity index (χ0) is 13.8. The predicted molar refractivity (Wildman–Crippen MR) is 76.4 cm³/mol. The van der Waals surface area contributed by atoms with Crippen molar-refractivity contribution < 1.29 is 0 Å². The summed E-state index contributed by atoms with van der Waals surface area (Å²) in [4.78, 5) is 10.8. The zero-order valence-corrected chi connectivity index (χ0v) is 12.2. The summed E-state index contributed by atoms with van der Waals surface area (Å²) in [5, 5.41) is 4.65. The minimum absolute atomic E-state index is 0.492. The average molecular weight is 280 g/mol. The van der Waals surface area contributed by atoms with Crippen LogP contribution in [0.25, 0.3) is 0 Å². The molecule has 0 saturated carbocycles. The quantitative estimate of drug-likeness (QED) is 0.789. The minimum Gasteiger partial charge on any atom is -0.355 e. The molecule has 102 valence electrons. The van der Waals surface area contributed by atoms with Gasteiger partial charge < -0.3 is 4.90 Å². The second-order valence-corrected chi connectivity index (χ2v) is 4.98. The SMILES string of the molecule is CCCc1nc(Cl)cc(N(C)Cc2cnn(C)c2)n1. The molecule has 2 aromatic heterocycles. The summed E-state index contributed by atoms with van der Waals surface area (Å²) in [5.41, 5.74) is 1.14. The second-order valence-electron chi connectivity index (χ2n) is 4.59. The highest BCUT2D eigenvalue weighted by Crippen LogP contribution is 2.17. The molecule has 0 amide bonds. The van der Waals surface area contributed by atoms with E-state index in [0.29, 0.717) is 5.15 Å². The van der Waals surface area contributed by atoms with Crippen molar-refractivity contribution >= 4 is 17.4 Å². The maximum atomic E-state index is 6.04. The maximum Gasteiger partial charge on any atom is 0.134 e. The number of hydrogen-bond acceptors (Lipinski definition) is 4. The fourth-order valence-corrected chi connectivity index (χ4v) is 2.09. The van der Waals surface area contributed by atoms with Crippen molar-refractivity contribution in [1.29, 1.82) is 0 Å². The first kappa shape index (κ1) is 13.8. The molecular formula is C13H18ClN5. The molecule has 19 heavy (non-hydrogen) atoms. The topological polar surface area (TPSA) is 46.8 Å². The van der Waals surface area contributed by atoms with Gasteiger partial charge in [-0.2, -0.15) is 5.10 Å². The molecule has 5 nitrogen and oxygen atoms in total. The van der Waals surface area contributed by atoms with Crippen molar-refractivity contribution in [2.45, 2.75) is 26.3 Å². The normalized spacial score (nSPS) is 10.7. The number of hydrogen-bond donors (Lipinski definition) is 0. The van der Waals surface area contributed by atoms with Crippen LogP contribution in [0.5, 0.6) is 0 Å². The number of nitrogens with zero attached hydrogens (tertiary/aromatic N) is 5. The Balaban J connectivity index is 2.15. The van der Waals surface area contributed by atoms with E-state index in [1.165, 1.54) is 0 Å². The van der Waals surface area contributed by atoms with Crippen LogP contribution in [0.15, 0.2) is 18.5 Å². The Morgan fingerprint density at radius 1 is 1.37 bits per heavy atom. The lowest BCUT2D eigenvalue weighted by atomic mass is 10.3. The van der Waals surface area contributed by atoms with Gasteiger partial charge >= 0.3 is 0 Å². The molecule has 0 unspecified atom stereocenters. The van der Waals surface area contributed by atoms with E-state index >= 15 is 0 Å². The first-order chi connectivity index (χ1) is 9.08. The molecule has 0 bridgehead atoms. The molecule has 0 N–H and O–H groups in total. The summed E-state index contributed by atoms with van der Waals surface area (Å²) in [5.74, 6) is 1.63. The largest absolute Gasteiger partial charge is 0.355 e.